The zero-order valence-corrected chi connectivity index (χ0v) is 13.5. The van der Waals surface area contributed by atoms with Crippen molar-refractivity contribution >= 4 is 11.7 Å². The molecule has 5 nitrogen and oxygen atoms in total. The van der Waals surface area contributed by atoms with Gasteiger partial charge in [0.05, 0.1) is 0 Å². The fourth-order valence-corrected chi connectivity index (χ4v) is 2.77. The van der Waals surface area contributed by atoms with Gasteiger partial charge in [-0.15, -0.1) is 0 Å². The molecule has 1 atom stereocenters. The maximum atomic E-state index is 12.5. The molecule has 0 radical (unpaired) electrons. The van der Waals surface area contributed by atoms with E-state index in [4.69, 9.17) is 0 Å². The molecule has 1 fully saturated rings. The number of hydrogen-bond donors (Lipinski definition) is 1. The Morgan fingerprint density at radius 1 is 1.52 bits per heavy atom. The van der Waals surface area contributed by atoms with Crippen LogP contribution in [0, 0.1) is 5.92 Å². The quantitative estimate of drug-likeness (QED) is 0.900. The first-order valence-electron chi connectivity index (χ1n) is 7.63. The van der Waals surface area contributed by atoms with E-state index in [0.29, 0.717) is 17.7 Å². The Balaban J connectivity index is 1.98. The highest BCUT2D eigenvalue weighted by molar-refractivity contribution is 5.92. The lowest BCUT2D eigenvalue weighted by Gasteiger charge is -2.21. The van der Waals surface area contributed by atoms with Gasteiger partial charge in [-0.3, -0.25) is 4.79 Å². The van der Waals surface area contributed by atoms with Crippen molar-refractivity contribution in [3.8, 4) is 0 Å². The van der Waals surface area contributed by atoms with Crippen molar-refractivity contribution in [3.05, 3.63) is 23.9 Å². The SMILES string of the molecule is CC(C)Nc1cccc(C(=O)N(C)CC2CCN(C)C2)n1. The van der Waals surface area contributed by atoms with Gasteiger partial charge >= 0.3 is 0 Å². The monoisotopic (exact) mass is 290 g/mol. The molecule has 0 aliphatic carbocycles. The Labute approximate surface area is 127 Å². The van der Waals surface area contributed by atoms with E-state index in [2.05, 4.69) is 36.1 Å². The molecule has 2 heterocycles. The van der Waals surface area contributed by atoms with Crippen molar-refractivity contribution in [2.24, 2.45) is 5.92 Å². The first kappa shape index (κ1) is 15.8. The second-order valence-corrected chi connectivity index (χ2v) is 6.31. The predicted molar refractivity (Wildman–Crippen MR) is 85.6 cm³/mol. The lowest BCUT2D eigenvalue weighted by Crippen LogP contribution is -2.33. The molecule has 1 amide bonds. The van der Waals surface area contributed by atoms with Gasteiger partial charge in [0.1, 0.15) is 11.5 Å². The molecule has 2 rings (SSSR count). The number of amides is 1. The summed E-state index contributed by atoms with van der Waals surface area (Å²) in [5.74, 6) is 1.32. The summed E-state index contributed by atoms with van der Waals surface area (Å²) < 4.78 is 0. The van der Waals surface area contributed by atoms with Crippen LogP contribution >= 0.6 is 0 Å². The summed E-state index contributed by atoms with van der Waals surface area (Å²) >= 11 is 0. The zero-order valence-electron chi connectivity index (χ0n) is 13.5. The van der Waals surface area contributed by atoms with E-state index in [-0.39, 0.29) is 5.91 Å². The van der Waals surface area contributed by atoms with Crippen LogP contribution < -0.4 is 5.32 Å². The molecular formula is C16H26N4O. The van der Waals surface area contributed by atoms with Crippen LogP contribution in [0.2, 0.25) is 0 Å². The minimum Gasteiger partial charge on any atom is -0.368 e. The zero-order chi connectivity index (χ0) is 15.4. The molecule has 0 aromatic carbocycles. The molecule has 0 saturated carbocycles. The first-order valence-corrected chi connectivity index (χ1v) is 7.63. The van der Waals surface area contributed by atoms with Gasteiger partial charge < -0.3 is 15.1 Å². The summed E-state index contributed by atoms with van der Waals surface area (Å²) in [6.07, 6.45) is 1.16. The summed E-state index contributed by atoms with van der Waals surface area (Å²) in [7, 11) is 4.00. The molecule has 1 aromatic heterocycles. The van der Waals surface area contributed by atoms with E-state index < -0.39 is 0 Å². The van der Waals surface area contributed by atoms with Crippen molar-refractivity contribution in [1.82, 2.24) is 14.8 Å². The highest BCUT2D eigenvalue weighted by Gasteiger charge is 2.23. The Morgan fingerprint density at radius 2 is 2.29 bits per heavy atom. The Hall–Kier alpha value is -1.62. The van der Waals surface area contributed by atoms with E-state index in [9.17, 15) is 4.79 Å². The normalized spacial score (nSPS) is 19.0. The largest absolute Gasteiger partial charge is 0.368 e. The molecule has 1 aliphatic heterocycles. The van der Waals surface area contributed by atoms with Crippen LogP contribution in [-0.4, -0.2) is 60.5 Å². The Kier molecular flexibility index (Phi) is 5.17. The fourth-order valence-electron chi connectivity index (χ4n) is 2.77. The summed E-state index contributed by atoms with van der Waals surface area (Å²) in [6, 6.07) is 5.85. The van der Waals surface area contributed by atoms with Crippen LogP contribution in [0.1, 0.15) is 30.8 Å². The van der Waals surface area contributed by atoms with Gasteiger partial charge in [-0.1, -0.05) is 6.07 Å². The highest BCUT2D eigenvalue weighted by Crippen LogP contribution is 2.16. The molecule has 116 valence electrons. The van der Waals surface area contributed by atoms with E-state index in [0.717, 1.165) is 31.9 Å². The highest BCUT2D eigenvalue weighted by atomic mass is 16.2. The number of hydrogen-bond acceptors (Lipinski definition) is 4. The molecule has 0 spiro atoms. The van der Waals surface area contributed by atoms with Gasteiger partial charge in [-0.05, 0) is 51.9 Å². The minimum absolute atomic E-state index is 0.00282. The molecule has 1 N–H and O–H groups in total. The molecular weight excluding hydrogens is 264 g/mol. The first-order chi connectivity index (χ1) is 9.95. The summed E-state index contributed by atoms with van der Waals surface area (Å²) in [5, 5.41) is 3.23. The number of aromatic nitrogens is 1. The third-order valence-corrected chi connectivity index (χ3v) is 3.77. The Bertz CT molecular complexity index is 489. The minimum atomic E-state index is -0.00282. The summed E-state index contributed by atoms with van der Waals surface area (Å²) in [4.78, 5) is 21.0. The van der Waals surface area contributed by atoms with Gasteiger partial charge in [0, 0.05) is 26.2 Å². The smallest absolute Gasteiger partial charge is 0.272 e. The van der Waals surface area contributed by atoms with E-state index >= 15 is 0 Å². The van der Waals surface area contributed by atoms with Crippen LogP contribution in [0.3, 0.4) is 0 Å². The molecule has 1 unspecified atom stereocenters. The third kappa shape index (κ3) is 4.43. The number of nitrogens with zero attached hydrogens (tertiary/aromatic N) is 3. The number of carbonyl (C=O) groups excluding carboxylic acids is 1. The standard InChI is InChI=1S/C16H26N4O/c1-12(2)17-15-7-5-6-14(18-15)16(21)20(4)11-13-8-9-19(3)10-13/h5-7,12-13H,8-11H2,1-4H3,(H,17,18). The molecule has 1 aromatic rings. The van der Waals surface area contributed by atoms with Crippen molar-refractivity contribution in [1.29, 1.82) is 0 Å². The lowest BCUT2D eigenvalue weighted by molar-refractivity contribution is 0.0768. The number of anilines is 1. The van der Waals surface area contributed by atoms with Crippen LogP contribution in [0.4, 0.5) is 5.82 Å². The third-order valence-electron chi connectivity index (χ3n) is 3.77. The fraction of sp³-hybridized carbons (Fsp3) is 0.625. The maximum absolute atomic E-state index is 12.5. The molecule has 1 aliphatic rings. The second-order valence-electron chi connectivity index (χ2n) is 6.31. The number of carbonyl (C=O) groups is 1. The maximum Gasteiger partial charge on any atom is 0.272 e. The van der Waals surface area contributed by atoms with Gasteiger partial charge in [0.2, 0.25) is 0 Å². The average molecular weight is 290 g/mol. The predicted octanol–water partition coefficient (Wildman–Crippen LogP) is 1.93. The Morgan fingerprint density at radius 3 is 2.90 bits per heavy atom. The number of rotatable bonds is 5. The molecule has 0 bridgehead atoms. The van der Waals surface area contributed by atoms with Crippen molar-refractivity contribution in [2.45, 2.75) is 26.3 Å². The van der Waals surface area contributed by atoms with Crippen molar-refractivity contribution in [3.63, 3.8) is 0 Å². The van der Waals surface area contributed by atoms with E-state index in [1.165, 1.54) is 0 Å². The van der Waals surface area contributed by atoms with Crippen LogP contribution in [0.25, 0.3) is 0 Å². The van der Waals surface area contributed by atoms with Crippen molar-refractivity contribution in [2.75, 3.05) is 39.0 Å². The summed E-state index contributed by atoms with van der Waals surface area (Å²) in [5.41, 5.74) is 0.509. The van der Waals surface area contributed by atoms with Crippen LogP contribution in [0.5, 0.6) is 0 Å². The van der Waals surface area contributed by atoms with Gasteiger partial charge in [-0.25, -0.2) is 4.98 Å². The van der Waals surface area contributed by atoms with Gasteiger partial charge in [0.15, 0.2) is 0 Å². The topological polar surface area (TPSA) is 48.5 Å². The lowest BCUT2D eigenvalue weighted by atomic mass is 10.1. The second kappa shape index (κ2) is 6.89. The average Bonchev–Trinajstić information content (AvgIpc) is 2.82. The molecule has 21 heavy (non-hydrogen) atoms. The number of nitrogens with one attached hydrogen (secondary N) is 1. The van der Waals surface area contributed by atoms with Gasteiger partial charge in [-0.2, -0.15) is 0 Å². The number of likely N-dealkylation sites (tertiary alicyclic amines) is 1. The summed E-state index contributed by atoms with van der Waals surface area (Å²) in [6.45, 7) is 7.10. The van der Waals surface area contributed by atoms with Crippen LogP contribution in [-0.2, 0) is 0 Å². The number of pyridine rings is 1. The van der Waals surface area contributed by atoms with Crippen LogP contribution in [0.15, 0.2) is 18.2 Å². The van der Waals surface area contributed by atoms with E-state index in [1.54, 1.807) is 11.0 Å². The van der Waals surface area contributed by atoms with E-state index in [1.807, 2.05) is 19.2 Å². The van der Waals surface area contributed by atoms with Crippen molar-refractivity contribution < 1.29 is 4.79 Å². The van der Waals surface area contributed by atoms with Gasteiger partial charge in [0.25, 0.3) is 5.91 Å². The molecule has 1 saturated heterocycles. The molecule has 5 heteroatoms.